The Bertz CT molecular complexity index is 1020. The van der Waals surface area contributed by atoms with E-state index in [1.54, 1.807) is 14.2 Å². The number of H-pyrrole nitrogens is 1. The molecule has 0 saturated heterocycles. The van der Waals surface area contributed by atoms with E-state index in [-0.39, 0.29) is 0 Å². The van der Waals surface area contributed by atoms with E-state index in [1.165, 1.54) is 0 Å². The van der Waals surface area contributed by atoms with Gasteiger partial charge < -0.3 is 19.8 Å². The van der Waals surface area contributed by atoms with Crippen LogP contribution in [0.15, 0.2) is 66.7 Å². The van der Waals surface area contributed by atoms with Gasteiger partial charge in [-0.2, -0.15) is 0 Å². The highest BCUT2D eigenvalue weighted by Crippen LogP contribution is 2.28. The lowest BCUT2D eigenvalue weighted by molar-refractivity contribution is 0.354. The summed E-state index contributed by atoms with van der Waals surface area (Å²) in [5.74, 6) is 2.34. The van der Waals surface area contributed by atoms with Crippen molar-refractivity contribution in [3.8, 4) is 22.9 Å². The van der Waals surface area contributed by atoms with Crippen molar-refractivity contribution in [3.63, 3.8) is 0 Å². The SMILES string of the molecule is COc1ccc(CNc2ccc(-c3nc4ccccc4[nH]3)cc2)cc1OC. The molecular formula is C22H21N3O2. The van der Waals surface area contributed by atoms with E-state index in [1.807, 2.05) is 42.5 Å². The second kappa shape index (κ2) is 7.41. The number of aromatic amines is 1. The molecule has 0 aliphatic rings. The van der Waals surface area contributed by atoms with Gasteiger partial charge in [0.1, 0.15) is 5.82 Å². The summed E-state index contributed by atoms with van der Waals surface area (Å²) in [6, 6.07) is 22.2. The number of imidazole rings is 1. The van der Waals surface area contributed by atoms with Crippen molar-refractivity contribution in [2.45, 2.75) is 6.54 Å². The van der Waals surface area contributed by atoms with E-state index >= 15 is 0 Å². The zero-order valence-corrected chi connectivity index (χ0v) is 15.3. The number of para-hydroxylation sites is 2. The molecule has 3 aromatic carbocycles. The average molecular weight is 359 g/mol. The van der Waals surface area contributed by atoms with Gasteiger partial charge in [-0.05, 0) is 54.1 Å². The van der Waals surface area contributed by atoms with E-state index in [4.69, 9.17) is 9.47 Å². The third-order valence-corrected chi connectivity index (χ3v) is 4.49. The monoisotopic (exact) mass is 359 g/mol. The molecule has 27 heavy (non-hydrogen) atoms. The number of rotatable bonds is 6. The van der Waals surface area contributed by atoms with Crippen LogP contribution in [0.2, 0.25) is 0 Å². The third-order valence-electron chi connectivity index (χ3n) is 4.49. The fourth-order valence-electron chi connectivity index (χ4n) is 3.03. The van der Waals surface area contributed by atoms with Gasteiger partial charge >= 0.3 is 0 Å². The summed E-state index contributed by atoms with van der Waals surface area (Å²) < 4.78 is 10.6. The summed E-state index contributed by atoms with van der Waals surface area (Å²) in [6.45, 7) is 0.699. The highest BCUT2D eigenvalue weighted by Gasteiger charge is 2.06. The van der Waals surface area contributed by atoms with Crippen LogP contribution in [0.1, 0.15) is 5.56 Å². The van der Waals surface area contributed by atoms with Crippen molar-refractivity contribution in [1.82, 2.24) is 9.97 Å². The van der Waals surface area contributed by atoms with Crippen molar-refractivity contribution in [1.29, 1.82) is 0 Å². The van der Waals surface area contributed by atoms with Crippen LogP contribution < -0.4 is 14.8 Å². The van der Waals surface area contributed by atoms with Crippen molar-refractivity contribution < 1.29 is 9.47 Å². The molecule has 0 bridgehead atoms. The molecule has 1 aromatic heterocycles. The molecule has 0 radical (unpaired) electrons. The minimum atomic E-state index is 0.699. The Kier molecular flexibility index (Phi) is 4.66. The van der Waals surface area contributed by atoms with Crippen LogP contribution in [-0.4, -0.2) is 24.2 Å². The lowest BCUT2D eigenvalue weighted by Gasteiger charge is -2.11. The van der Waals surface area contributed by atoms with Crippen molar-refractivity contribution in [2.75, 3.05) is 19.5 Å². The molecule has 0 aliphatic carbocycles. The summed E-state index contributed by atoms with van der Waals surface area (Å²) >= 11 is 0. The minimum absolute atomic E-state index is 0.699. The molecule has 0 spiro atoms. The molecule has 0 aliphatic heterocycles. The van der Waals surface area contributed by atoms with Gasteiger partial charge in [-0.1, -0.05) is 18.2 Å². The largest absolute Gasteiger partial charge is 0.493 e. The van der Waals surface area contributed by atoms with Crippen LogP contribution in [0.4, 0.5) is 5.69 Å². The molecule has 0 fully saturated rings. The van der Waals surface area contributed by atoms with E-state index in [0.717, 1.165) is 45.2 Å². The topological polar surface area (TPSA) is 59.2 Å². The van der Waals surface area contributed by atoms with Crippen LogP contribution in [0.3, 0.4) is 0 Å². The third kappa shape index (κ3) is 3.58. The van der Waals surface area contributed by atoms with Crippen molar-refractivity contribution in [2.24, 2.45) is 0 Å². The Labute approximate surface area is 158 Å². The van der Waals surface area contributed by atoms with E-state index in [2.05, 4.69) is 39.6 Å². The minimum Gasteiger partial charge on any atom is -0.493 e. The zero-order chi connectivity index (χ0) is 18.6. The van der Waals surface area contributed by atoms with Crippen LogP contribution in [0.25, 0.3) is 22.4 Å². The summed E-state index contributed by atoms with van der Waals surface area (Å²) in [4.78, 5) is 8.00. The highest BCUT2D eigenvalue weighted by atomic mass is 16.5. The van der Waals surface area contributed by atoms with Crippen molar-refractivity contribution >= 4 is 16.7 Å². The summed E-state index contributed by atoms with van der Waals surface area (Å²) in [7, 11) is 3.28. The number of ether oxygens (including phenoxy) is 2. The Hall–Kier alpha value is -3.47. The quantitative estimate of drug-likeness (QED) is 0.516. The maximum atomic E-state index is 5.36. The standard InChI is InChI=1S/C22H21N3O2/c1-26-20-12-7-15(13-21(20)27-2)14-23-17-10-8-16(9-11-17)22-24-18-5-3-4-6-19(18)25-22/h3-13,23H,14H2,1-2H3,(H,24,25). The highest BCUT2D eigenvalue weighted by molar-refractivity contribution is 5.79. The number of nitrogens with zero attached hydrogens (tertiary/aromatic N) is 1. The van der Waals surface area contributed by atoms with Crippen LogP contribution in [-0.2, 0) is 6.54 Å². The van der Waals surface area contributed by atoms with Crippen LogP contribution in [0, 0.1) is 0 Å². The Morgan fingerprint density at radius 2 is 1.67 bits per heavy atom. The van der Waals surface area contributed by atoms with Crippen molar-refractivity contribution in [3.05, 3.63) is 72.3 Å². The maximum absolute atomic E-state index is 5.36. The zero-order valence-electron chi connectivity index (χ0n) is 15.3. The van der Waals surface area contributed by atoms with E-state index in [9.17, 15) is 0 Å². The lowest BCUT2D eigenvalue weighted by Crippen LogP contribution is -2.00. The molecule has 0 saturated carbocycles. The van der Waals surface area contributed by atoms with Gasteiger partial charge in [0.15, 0.2) is 11.5 Å². The maximum Gasteiger partial charge on any atom is 0.161 e. The van der Waals surface area contributed by atoms with Gasteiger partial charge in [0, 0.05) is 17.8 Å². The smallest absolute Gasteiger partial charge is 0.161 e. The van der Waals surface area contributed by atoms with E-state index < -0.39 is 0 Å². The molecule has 5 nitrogen and oxygen atoms in total. The number of nitrogens with one attached hydrogen (secondary N) is 2. The number of anilines is 1. The summed E-state index contributed by atoms with van der Waals surface area (Å²) in [5.41, 5.74) is 5.24. The van der Waals surface area contributed by atoms with Crippen LogP contribution in [0.5, 0.6) is 11.5 Å². The predicted molar refractivity (Wildman–Crippen MR) is 108 cm³/mol. The van der Waals surface area contributed by atoms with Gasteiger partial charge in [-0.25, -0.2) is 4.98 Å². The molecule has 2 N–H and O–H groups in total. The number of fused-ring (bicyclic) bond motifs is 1. The molecule has 0 unspecified atom stereocenters. The predicted octanol–water partition coefficient (Wildman–Crippen LogP) is 4.86. The lowest BCUT2D eigenvalue weighted by atomic mass is 10.1. The summed E-state index contributed by atoms with van der Waals surface area (Å²) in [6.07, 6.45) is 0. The van der Waals surface area contributed by atoms with Gasteiger partial charge in [0.05, 0.1) is 25.3 Å². The first-order valence-corrected chi connectivity index (χ1v) is 8.77. The number of aromatic nitrogens is 2. The summed E-state index contributed by atoms with van der Waals surface area (Å²) in [5, 5.41) is 3.43. The molecule has 1 heterocycles. The van der Waals surface area contributed by atoms with E-state index in [0.29, 0.717) is 6.54 Å². The number of benzene rings is 3. The van der Waals surface area contributed by atoms with Crippen LogP contribution >= 0.6 is 0 Å². The van der Waals surface area contributed by atoms with Gasteiger partial charge in [-0.15, -0.1) is 0 Å². The first kappa shape index (κ1) is 17.0. The molecule has 4 rings (SSSR count). The fourth-order valence-corrected chi connectivity index (χ4v) is 3.03. The molecular weight excluding hydrogens is 338 g/mol. The Balaban J connectivity index is 1.46. The fraction of sp³-hybridized carbons (Fsp3) is 0.136. The second-order valence-corrected chi connectivity index (χ2v) is 6.22. The van der Waals surface area contributed by atoms with Gasteiger partial charge in [0.2, 0.25) is 0 Å². The number of methoxy groups -OCH3 is 2. The van der Waals surface area contributed by atoms with Gasteiger partial charge in [0.25, 0.3) is 0 Å². The first-order valence-electron chi connectivity index (χ1n) is 8.77. The Morgan fingerprint density at radius 1 is 0.889 bits per heavy atom. The molecule has 0 amide bonds. The molecule has 0 atom stereocenters. The molecule has 5 heteroatoms. The molecule has 136 valence electrons. The average Bonchev–Trinajstić information content (AvgIpc) is 3.16. The second-order valence-electron chi connectivity index (χ2n) is 6.22. The number of hydrogen-bond acceptors (Lipinski definition) is 4. The Morgan fingerprint density at radius 3 is 2.41 bits per heavy atom. The van der Waals surface area contributed by atoms with Gasteiger partial charge in [-0.3, -0.25) is 0 Å². The number of hydrogen-bond donors (Lipinski definition) is 2. The first-order chi connectivity index (χ1) is 13.3. The molecule has 4 aromatic rings. The normalized spacial score (nSPS) is 10.7.